The molecule has 9 rings (SSSR count). The van der Waals surface area contributed by atoms with E-state index in [1.807, 2.05) is 13.8 Å². The van der Waals surface area contributed by atoms with Crippen molar-refractivity contribution >= 4 is 34.2 Å². The number of piperidine rings is 1. The number of aliphatic hydroxyl groups is 2. The number of amides is 2. The second-order valence-corrected chi connectivity index (χ2v) is 22.2. The highest BCUT2D eigenvalue weighted by Gasteiger charge is 2.50. The molecule has 2 aromatic carbocycles. The molecule has 394 valence electrons. The second-order valence-electron chi connectivity index (χ2n) is 22.2. The van der Waals surface area contributed by atoms with Gasteiger partial charge in [0.1, 0.15) is 28.6 Å². The molecule has 7 aliphatic rings. The summed E-state index contributed by atoms with van der Waals surface area (Å²) in [4.78, 5) is 60.0. The highest BCUT2D eigenvalue weighted by Crippen LogP contribution is 2.50. The Bertz CT molecular complexity index is 2610. The van der Waals surface area contributed by atoms with Gasteiger partial charge in [-0.1, -0.05) is 72.6 Å². The Morgan fingerprint density at radius 3 is 2.19 bits per heavy atom. The van der Waals surface area contributed by atoms with Crippen molar-refractivity contribution in [2.75, 3.05) is 64.8 Å². The molecule has 0 aromatic heterocycles. The van der Waals surface area contributed by atoms with Gasteiger partial charge in [-0.3, -0.25) is 24.5 Å². The van der Waals surface area contributed by atoms with E-state index < -0.39 is 83.1 Å². The number of phenolic OH excluding ortho intramolecular Hbond substituents is 2. The highest BCUT2D eigenvalue weighted by atomic mass is 16.7. The van der Waals surface area contributed by atoms with Crippen LogP contribution in [0.4, 0.5) is 10.5 Å². The van der Waals surface area contributed by atoms with Crippen molar-refractivity contribution in [1.82, 2.24) is 14.7 Å². The van der Waals surface area contributed by atoms with Crippen LogP contribution in [0.15, 0.2) is 46.1 Å². The minimum absolute atomic E-state index is 0.0424. The molecule has 17 heteroatoms. The van der Waals surface area contributed by atoms with Crippen LogP contribution >= 0.6 is 0 Å². The third-order valence-electron chi connectivity index (χ3n) is 16.4. The Balaban J connectivity index is 1.17. The molecular formula is C55H78N6O11. The number of likely N-dealkylation sites (tertiary alicyclic amines) is 1. The molecule has 1 saturated carbocycles. The summed E-state index contributed by atoms with van der Waals surface area (Å²) in [5.41, 5.74) is -0.560. The highest BCUT2D eigenvalue weighted by molar-refractivity contribution is 6.19. The van der Waals surface area contributed by atoms with Crippen molar-refractivity contribution in [3.05, 3.63) is 58.0 Å². The van der Waals surface area contributed by atoms with Gasteiger partial charge in [0.25, 0.3) is 11.7 Å². The van der Waals surface area contributed by atoms with E-state index in [9.17, 15) is 34.8 Å². The van der Waals surface area contributed by atoms with Crippen molar-refractivity contribution in [1.29, 1.82) is 0 Å². The van der Waals surface area contributed by atoms with Crippen LogP contribution in [0.1, 0.15) is 110 Å². The number of hydrogen-bond acceptors (Lipinski definition) is 15. The lowest BCUT2D eigenvalue weighted by Crippen LogP contribution is -2.52. The number of hydrogen-bond donors (Lipinski definition) is 5. The number of nitrogens with one attached hydrogen (secondary N) is 1. The third kappa shape index (κ3) is 10.4. The zero-order valence-electron chi connectivity index (χ0n) is 43.9. The number of Topliss-reactive ketones (excluding diaryl/α,β-unsaturated/α-hetero) is 1. The van der Waals surface area contributed by atoms with Gasteiger partial charge in [0.05, 0.1) is 40.9 Å². The first-order chi connectivity index (χ1) is 34.2. The summed E-state index contributed by atoms with van der Waals surface area (Å²) in [7, 11) is 1.51. The van der Waals surface area contributed by atoms with Crippen LogP contribution < -0.4 is 20.8 Å². The SMILES string of the molecule is CO[C@H]1/C=C/O[C@@]2(C)Oc3c(C)c(O)c4c(O)c(c5c(c4c3C2=O)=NC2(CCN(CC(C)C)CC2)N=5)NC(=O)/C(C)=C\C=C\[C@H](C)[C@H](O)[C@@H](C)[C@@H](O)[C@@H](C)[C@H](OC(=O)N2CCN(CC3CCCC3)CC2)[C@@H]1C. The van der Waals surface area contributed by atoms with E-state index in [4.69, 9.17) is 28.9 Å². The predicted molar refractivity (Wildman–Crippen MR) is 272 cm³/mol. The van der Waals surface area contributed by atoms with Gasteiger partial charge >= 0.3 is 11.9 Å². The summed E-state index contributed by atoms with van der Waals surface area (Å²) in [6.45, 7) is 22.0. The van der Waals surface area contributed by atoms with Crippen LogP contribution in [0.2, 0.25) is 0 Å². The molecular weight excluding hydrogens is 921 g/mol. The van der Waals surface area contributed by atoms with Crippen LogP contribution in [0.25, 0.3) is 10.8 Å². The monoisotopic (exact) mass is 999 g/mol. The number of aromatic hydroxyl groups is 2. The van der Waals surface area contributed by atoms with Gasteiger partial charge in [-0.05, 0) is 44.6 Å². The molecule has 6 heterocycles. The topological polar surface area (TPSA) is 216 Å². The number of nitrogens with zero attached hydrogens (tertiary/aromatic N) is 5. The van der Waals surface area contributed by atoms with E-state index in [0.717, 1.165) is 26.2 Å². The first-order valence-electron chi connectivity index (χ1n) is 26.2. The van der Waals surface area contributed by atoms with Crippen molar-refractivity contribution in [2.24, 2.45) is 45.5 Å². The summed E-state index contributed by atoms with van der Waals surface area (Å²) < 4.78 is 25.0. The normalized spacial score (nSPS) is 32.5. The molecule has 3 fully saturated rings. The molecule has 5 N–H and O–H groups in total. The van der Waals surface area contributed by atoms with Crippen LogP contribution in [0, 0.1) is 42.4 Å². The summed E-state index contributed by atoms with van der Waals surface area (Å²) in [5.74, 6) is -5.28. The molecule has 72 heavy (non-hydrogen) atoms. The summed E-state index contributed by atoms with van der Waals surface area (Å²) in [6.07, 6.45) is 9.62. The Morgan fingerprint density at radius 2 is 1.54 bits per heavy atom. The van der Waals surface area contributed by atoms with Crippen LogP contribution in [0.5, 0.6) is 17.2 Å². The Morgan fingerprint density at radius 1 is 0.875 bits per heavy atom. The number of allylic oxidation sites excluding steroid dienone is 2. The van der Waals surface area contributed by atoms with E-state index in [-0.39, 0.29) is 55.4 Å². The maximum Gasteiger partial charge on any atom is 0.410 e. The third-order valence-corrected chi connectivity index (χ3v) is 16.4. The smallest absolute Gasteiger partial charge is 0.410 e. The Labute approximate surface area is 423 Å². The Hall–Kier alpha value is -5.07. The quantitative estimate of drug-likeness (QED) is 0.206. The lowest BCUT2D eigenvalue weighted by molar-refractivity contribution is -0.112. The van der Waals surface area contributed by atoms with Crippen molar-refractivity contribution in [3.8, 4) is 17.2 Å². The maximum atomic E-state index is 15.0. The number of methoxy groups -OCH3 is 1. The largest absolute Gasteiger partial charge is 0.507 e. The molecule has 1 spiro atoms. The van der Waals surface area contributed by atoms with Crippen LogP contribution in [0.3, 0.4) is 0 Å². The van der Waals surface area contributed by atoms with Gasteiger partial charge in [0, 0.05) is 119 Å². The van der Waals surface area contributed by atoms with Gasteiger partial charge in [-0.2, -0.15) is 0 Å². The summed E-state index contributed by atoms with van der Waals surface area (Å²) >= 11 is 0. The maximum absolute atomic E-state index is 15.0. The minimum Gasteiger partial charge on any atom is -0.507 e. The molecule has 0 unspecified atom stereocenters. The van der Waals surface area contributed by atoms with E-state index >= 15 is 0 Å². The lowest BCUT2D eigenvalue weighted by atomic mass is 9.78. The second kappa shape index (κ2) is 21.4. The van der Waals surface area contributed by atoms with Gasteiger partial charge in [0.2, 0.25) is 0 Å². The van der Waals surface area contributed by atoms with E-state index in [1.54, 1.807) is 56.9 Å². The number of ketones is 1. The fraction of sp³-hybridized carbons (Fsp3) is 0.655. The first-order valence-corrected chi connectivity index (χ1v) is 26.2. The lowest BCUT2D eigenvalue weighted by Gasteiger charge is -2.40. The number of anilines is 1. The number of benzene rings is 2. The average Bonchev–Trinajstić information content (AvgIpc) is 4.08. The van der Waals surface area contributed by atoms with Gasteiger partial charge < -0.3 is 54.5 Å². The average molecular weight is 999 g/mol. The minimum atomic E-state index is -1.97. The fourth-order valence-corrected chi connectivity index (χ4v) is 11.9. The summed E-state index contributed by atoms with van der Waals surface area (Å²) in [5, 5.41) is 51.3. The zero-order valence-corrected chi connectivity index (χ0v) is 43.9. The van der Waals surface area contributed by atoms with Gasteiger partial charge in [0.15, 0.2) is 11.4 Å². The predicted octanol–water partition coefficient (Wildman–Crippen LogP) is 6.13. The van der Waals surface area contributed by atoms with Crippen LogP contribution in [-0.4, -0.2) is 148 Å². The van der Waals surface area contributed by atoms with E-state index in [0.29, 0.717) is 50.9 Å². The number of piperazine rings is 1. The molecule has 2 saturated heterocycles. The Kier molecular flexibility index (Phi) is 15.8. The van der Waals surface area contributed by atoms with Crippen molar-refractivity contribution in [2.45, 2.75) is 137 Å². The zero-order chi connectivity index (χ0) is 52.0. The molecule has 6 aliphatic heterocycles. The van der Waals surface area contributed by atoms with Crippen molar-refractivity contribution < 1.29 is 53.8 Å². The van der Waals surface area contributed by atoms with E-state index in [1.165, 1.54) is 46.0 Å². The number of ether oxygens (including phenoxy) is 4. The number of phenols is 2. The number of fused-ring (bicyclic) bond motifs is 13. The molecule has 1 aliphatic carbocycles. The number of carbonyl (C=O) groups excluding carboxylic acids is 3. The van der Waals surface area contributed by atoms with E-state index in [2.05, 4.69) is 29.0 Å². The molecule has 0 radical (unpaired) electrons. The molecule has 9 atom stereocenters. The van der Waals surface area contributed by atoms with Crippen molar-refractivity contribution in [3.63, 3.8) is 0 Å². The summed E-state index contributed by atoms with van der Waals surface area (Å²) in [6, 6.07) is 0. The van der Waals surface area contributed by atoms with Gasteiger partial charge in [-0.25, -0.2) is 4.79 Å². The fourth-order valence-electron chi connectivity index (χ4n) is 11.9. The number of carbonyl (C=O) groups is 3. The number of aliphatic hydroxyl groups excluding tert-OH is 2. The first kappa shape index (κ1) is 53.2. The number of rotatable bonds is 6. The molecule has 17 nitrogen and oxygen atoms in total. The van der Waals surface area contributed by atoms with Gasteiger partial charge in [-0.15, -0.1) is 0 Å². The molecule has 2 amide bonds. The molecule has 2 aromatic rings. The van der Waals surface area contributed by atoms with Crippen LogP contribution in [-0.2, 0) is 19.0 Å². The standard InChI is InChI=1S/C55H78N6O11/c1-30(2)28-59-21-19-55(20-22-59)57-42-39-40-47(64)36(8)50-41(39)51(66)54(9,72-50)70-27-18-38(69-10)33(5)49(71-53(68)61-25-23-60(24-26-61)29-37-16-11-12-17-37)35(7)46(63)34(6)45(62)31(3)14-13-15-32(4)52(67)56-44(48(40)65)43(42)58-55/h13-15,18,27,30-31,33-35,37-38,45-46,49,62-65H,11-12,16-17,19-26,28-29H2,1-10H3,(H,56,67)/b14-13+,27-18+,32-15-/t31-,33+,34+,35+,38-,45-,46+,49+,54-/m0/s1. The molecule has 5 bridgehead atoms.